The first kappa shape index (κ1) is 16.1. The van der Waals surface area contributed by atoms with Crippen molar-refractivity contribution in [3.05, 3.63) is 35.4 Å². The van der Waals surface area contributed by atoms with Crippen LogP contribution in [-0.4, -0.2) is 37.5 Å². The Morgan fingerprint density at radius 2 is 1.71 bits per heavy atom. The molecule has 1 aromatic rings. The molecule has 0 heterocycles. The molecule has 1 aromatic carbocycles. The van der Waals surface area contributed by atoms with Gasteiger partial charge >= 0.3 is 0 Å². The van der Waals surface area contributed by atoms with Gasteiger partial charge in [0.15, 0.2) is 0 Å². The lowest BCUT2D eigenvalue weighted by Crippen LogP contribution is -2.56. The molecule has 0 aliphatic heterocycles. The highest BCUT2D eigenvalue weighted by Crippen LogP contribution is 2.55. The molecule has 1 amide bonds. The molecule has 24 heavy (non-hydrogen) atoms. The smallest absolute Gasteiger partial charge is 0.254 e. The van der Waals surface area contributed by atoms with E-state index in [0.29, 0.717) is 6.04 Å². The van der Waals surface area contributed by atoms with Crippen molar-refractivity contribution in [1.82, 2.24) is 10.2 Å². The van der Waals surface area contributed by atoms with E-state index in [1.54, 1.807) is 0 Å². The Morgan fingerprint density at radius 3 is 2.33 bits per heavy atom. The molecular weight excluding hydrogens is 296 g/mol. The van der Waals surface area contributed by atoms with E-state index in [9.17, 15) is 4.79 Å². The average Bonchev–Trinajstić information content (AvgIpc) is 2.58. The molecule has 4 bridgehead atoms. The van der Waals surface area contributed by atoms with Gasteiger partial charge in [-0.3, -0.25) is 4.79 Å². The van der Waals surface area contributed by atoms with Gasteiger partial charge in [-0.05, 0) is 87.4 Å². The highest BCUT2D eigenvalue weighted by Gasteiger charge is 2.50. The molecular formula is C21H30N2O. The minimum atomic E-state index is 0.235. The van der Waals surface area contributed by atoms with E-state index in [1.807, 2.05) is 25.2 Å². The fraction of sp³-hybridized carbons (Fsp3) is 0.667. The summed E-state index contributed by atoms with van der Waals surface area (Å²) in [5.41, 5.74) is 2.08. The van der Waals surface area contributed by atoms with Crippen LogP contribution >= 0.6 is 0 Å². The van der Waals surface area contributed by atoms with Gasteiger partial charge in [-0.25, -0.2) is 0 Å². The highest BCUT2D eigenvalue weighted by atomic mass is 16.2. The molecule has 5 rings (SSSR count). The van der Waals surface area contributed by atoms with Crippen molar-refractivity contribution >= 4 is 5.91 Å². The van der Waals surface area contributed by atoms with E-state index >= 15 is 0 Å². The van der Waals surface area contributed by atoms with Gasteiger partial charge in [0.2, 0.25) is 0 Å². The number of nitrogens with zero attached hydrogens (tertiary/aromatic N) is 1. The third kappa shape index (κ3) is 2.77. The zero-order valence-electron chi connectivity index (χ0n) is 15.0. The quantitative estimate of drug-likeness (QED) is 0.900. The van der Waals surface area contributed by atoms with Crippen LogP contribution in [0.2, 0.25) is 0 Å². The Bertz CT molecular complexity index is 584. The summed E-state index contributed by atoms with van der Waals surface area (Å²) in [7, 11) is 4.02. The number of benzene rings is 1. The Morgan fingerprint density at radius 1 is 1.08 bits per heavy atom. The lowest BCUT2D eigenvalue weighted by Gasteiger charge is -2.56. The van der Waals surface area contributed by atoms with Gasteiger partial charge < -0.3 is 10.2 Å². The first-order valence-electron chi connectivity index (χ1n) is 9.67. The van der Waals surface area contributed by atoms with Gasteiger partial charge in [0.05, 0.1) is 0 Å². The van der Waals surface area contributed by atoms with Crippen LogP contribution in [0.4, 0.5) is 0 Å². The van der Waals surface area contributed by atoms with Crippen molar-refractivity contribution < 1.29 is 4.79 Å². The van der Waals surface area contributed by atoms with Crippen LogP contribution in [0.5, 0.6) is 0 Å². The number of nitrogens with one attached hydrogen (secondary N) is 1. The molecule has 4 fully saturated rings. The van der Waals surface area contributed by atoms with Gasteiger partial charge in [0, 0.05) is 18.7 Å². The van der Waals surface area contributed by atoms with Crippen LogP contribution < -0.4 is 5.32 Å². The molecule has 1 N–H and O–H groups in total. The number of carbonyl (C=O) groups is 1. The van der Waals surface area contributed by atoms with Crippen LogP contribution in [-0.2, 0) is 6.42 Å². The third-order valence-corrected chi connectivity index (χ3v) is 6.84. The molecule has 3 nitrogen and oxygen atoms in total. The SMILES string of the molecule is CNCCc1ccccc1C(=O)N(C)C1C2CC3CC(C2)CC1C3. The van der Waals surface area contributed by atoms with E-state index in [2.05, 4.69) is 23.3 Å². The van der Waals surface area contributed by atoms with Crippen molar-refractivity contribution in [2.75, 3.05) is 20.6 Å². The van der Waals surface area contributed by atoms with E-state index in [0.717, 1.165) is 42.2 Å². The zero-order chi connectivity index (χ0) is 16.7. The molecule has 3 heteroatoms. The van der Waals surface area contributed by atoms with E-state index in [1.165, 1.54) is 37.7 Å². The van der Waals surface area contributed by atoms with Crippen LogP contribution in [0.3, 0.4) is 0 Å². The van der Waals surface area contributed by atoms with E-state index < -0.39 is 0 Å². The predicted molar refractivity (Wildman–Crippen MR) is 97.0 cm³/mol. The summed E-state index contributed by atoms with van der Waals surface area (Å²) in [6, 6.07) is 8.64. The number of carbonyl (C=O) groups excluding carboxylic acids is 1. The third-order valence-electron chi connectivity index (χ3n) is 6.84. The standard InChI is InChI=1S/C21H30N2O/c1-22-8-7-16-5-3-4-6-19(16)21(24)23(2)20-17-10-14-9-15(12-17)13-18(20)11-14/h3-6,14-15,17-18,20,22H,7-13H2,1-2H3. The van der Waals surface area contributed by atoms with Gasteiger partial charge in [-0.15, -0.1) is 0 Å². The summed E-state index contributed by atoms with van der Waals surface area (Å²) in [6.07, 6.45) is 7.80. The van der Waals surface area contributed by atoms with E-state index in [-0.39, 0.29) is 5.91 Å². The van der Waals surface area contributed by atoms with Crippen LogP contribution in [0, 0.1) is 23.7 Å². The molecule has 0 spiro atoms. The summed E-state index contributed by atoms with van der Waals surface area (Å²) in [4.78, 5) is 15.4. The zero-order valence-corrected chi connectivity index (χ0v) is 15.0. The maximum atomic E-state index is 13.3. The molecule has 0 atom stereocenters. The number of hydrogen-bond acceptors (Lipinski definition) is 2. The second kappa shape index (κ2) is 6.51. The van der Waals surface area contributed by atoms with Gasteiger partial charge in [-0.1, -0.05) is 18.2 Å². The van der Waals surface area contributed by atoms with Gasteiger partial charge in [-0.2, -0.15) is 0 Å². The second-order valence-electron chi connectivity index (χ2n) is 8.35. The van der Waals surface area contributed by atoms with Gasteiger partial charge in [0.1, 0.15) is 0 Å². The lowest BCUT2D eigenvalue weighted by atomic mass is 9.54. The van der Waals surface area contributed by atoms with Crippen LogP contribution in [0.1, 0.15) is 48.0 Å². The fourth-order valence-electron chi connectivity index (χ4n) is 6.06. The minimum Gasteiger partial charge on any atom is -0.338 e. The van der Waals surface area contributed by atoms with Gasteiger partial charge in [0.25, 0.3) is 5.91 Å². The first-order chi connectivity index (χ1) is 11.7. The summed E-state index contributed by atoms with van der Waals surface area (Å²) < 4.78 is 0. The maximum Gasteiger partial charge on any atom is 0.254 e. The number of rotatable bonds is 5. The maximum absolute atomic E-state index is 13.3. The topological polar surface area (TPSA) is 32.3 Å². The highest BCUT2D eigenvalue weighted by molar-refractivity contribution is 5.95. The molecule has 130 valence electrons. The Labute approximate surface area is 145 Å². The normalized spacial score (nSPS) is 33.7. The Balaban J connectivity index is 1.54. The van der Waals surface area contributed by atoms with Crippen molar-refractivity contribution in [3.8, 4) is 0 Å². The Hall–Kier alpha value is -1.35. The largest absolute Gasteiger partial charge is 0.338 e. The first-order valence-corrected chi connectivity index (χ1v) is 9.67. The summed E-state index contributed by atoms with van der Waals surface area (Å²) in [6.45, 7) is 0.909. The second-order valence-corrected chi connectivity index (χ2v) is 8.35. The van der Waals surface area contributed by atoms with Crippen molar-refractivity contribution in [1.29, 1.82) is 0 Å². The minimum absolute atomic E-state index is 0.235. The molecule has 0 unspecified atom stereocenters. The number of hydrogen-bond donors (Lipinski definition) is 1. The molecule has 4 saturated carbocycles. The number of amides is 1. The monoisotopic (exact) mass is 326 g/mol. The summed E-state index contributed by atoms with van der Waals surface area (Å²) in [5.74, 6) is 3.64. The Kier molecular flexibility index (Phi) is 4.38. The predicted octanol–water partition coefficient (Wildman–Crippen LogP) is 3.35. The fourth-order valence-corrected chi connectivity index (χ4v) is 6.06. The summed E-state index contributed by atoms with van der Waals surface area (Å²) >= 11 is 0. The van der Waals surface area contributed by atoms with E-state index in [4.69, 9.17) is 0 Å². The number of likely N-dealkylation sites (N-methyl/N-ethyl adjacent to an activating group) is 1. The average molecular weight is 326 g/mol. The molecule has 0 radical (unpaired) electrons. The molecule has 4 aliphatic rings. The summed E-state index contributed by atoms with van der Waals surface area (Å²) in [5, 5.41) is 3.19. The molecule has 0 aromatic heterocycles. The molecule has 0 saturated heterocycles. The van der Waals surface area contributed by atoms with Crippen molar-refractivity contribution in [2.24, 2.45) is 23.7 Å². The van der Waals surface area contributed by atoms with Crippen molar-refractivity contribution in [3.63, 3.8) is 0 Å². The van der Waals surface area contributed by atoms with Crippen molar-refractivity contribution in [2.45, 2.75) is 44.6 Å². The van der Waals surface area contributed by atoms with Crippen LogP contribution in [0.25, 0.3) is 0 Å². The van der Waals surface area contributed by atoms with Crippen LogP contribution in [0.15, 0.2) is 24.3 Å². The lowest BCUT2D eigenvalue weighted by molar-refractivity contribution is -0.0491. The molecule has 4 aliphatic carbocycles.